The van der Waals surface area contributed by atoms with Crippen molar-refractivity contribution in [2.75, 3.05) is 13.1 Å². The topological polar surface area (TPSA) is 40.5 Å². The molecule has 36 heavy (non-hydrogen) atoms. The third-order valence-corrected chi connectivity index (χ3v) is 7.83. The fourth-order valence-electron chi connectivity index (χ4n) is 5.30. The van der Waals surface area contributed by atoms with E-state index in [1.165, 1.54) is 167 Å². The van der Waals surface area contributed by atoms with Crippen LogP contribution in [0.5, 0.6) is 0 Å². The number of hydrogen-bond donors (Lipinski definition) is 1. The average molecular weight is 510 g/mol. The van der Waals surface area contributed by atoms with E-state index in [1.807, 2.05) is 0 Å². The molecule has 0 unspecified atom stereocenters. The second-order valence-electron chi connectivity index (χ2n) is 11.5. The number of nitrogens with zero attached hydrogens (tertiary/aromatic N) is 1. The van der Waals surface area contributed by atoms with E-state index in [4.69, 9.17) is 0 Å². The molecule has 0 saturated carbocycles. The summed E-state index contributed by atoms with van der Waals surface area (Å²) in [5.74, 6) is 0. The Hall–Kier alpha value is -0.730. The lowest BCUT2D eigenvalue weighted by Crippen LogP contribution is -2.31. The molecular formula is C33H67NO2. The Labute approximate surface area is 227 Å². The predicted octanol–water partition coefficient (Wildman–Crippen LogP) is 11.9. The minimum Gasteiger partial charge on any atom is -0.465 e. The molecule has 0 heterocycles. The number of carboxylic acid groups (broad SMARTS) is 1. The van der Waals surface area contributed by atoms with Gasteiger partial charge in [0, 0.05) is 13.1 Å². The average Bonchev–Trinajstić information content (AvgIpc) is 2.87. The Morgan fingerprint density at radius 1 is 0.389 bits per heavy atom. The first-order valence-electron chi connectivity index (χ1n) is 16.7. The van der Waals surface area contributed by atoms with Crippen molar-refractivity contribution < 1.29 is 9.90 Å². The monoisotopic (exact) mass is 510 g/mol. The van der Waals surface area contributed by atoms with Crippen molar-refractivity contribution in [1.29, 1.82) is 0 Å². The minimum atomic E-state index is -0.723. The third kappa shape index (κ3) is 27.9. The van der Waals surface area contributed by atoms with Crippen molar-refractivity contribution >= 4 is 6.09 Å². The molecule has 0 rings (SSSR count). The predicted molar refractivity (Wildman–Crippen MR) is 160 cm³/mol. The lowest BCUT2D eigenvalue weighted by molar-refractivity contribution is 0.143. The summed E-state index contributed by atoms with van der Waals surface area (Å²) in [6.07, 6.45) is 36.9. The zero-order chi connectivity index (χ0) is 26.4. The van der Waals surface area contributed by atoms with Gasteiger partial charge in [-0.25, -0.2) is 4.79 Å². The van der Waals surface area contributed by atoms with Gasteiger partial charge in [-0.3, -0.25) is 0 Å². The summed E-state index contributed by atoms with van der Waals surface area (Å²) in [4.78, 5) is 13.2. The lowest BCUT2D eigenvalue weighted by atomic mass is 10.0. The van der Waals surface area contributed by atoms with Gasteiger partial charge >= 0.3 is 6.09 Å². The largest absolute Gasteiger partial charge is 0.465 e. The van der Waals surface area contributed by atoms with Gasteiger partial charge < -0.3 is 10.0 Å². The maximum atomic E-state index is 11.6. The van der Waals surface area contributed by atoms with E-state index in [0.717, 1.165) is 25.9 Å². The molecule has 0 spiro atoms. The van der Waals surface area contributed by atoms with E-state index in [-0.39, 0.29) is 0 Å². The highest BCUT2D eigenvalue weighted by atomic mass is 16.4. The van der Waals surface area contributed by atoms with Crippen LogP contribution in [0.4, 0.5) is 4.79 Å². The fraction of sp³-hybridized carbons (Fsp3) is 0.970. The Kier molecular flexibility index (Phi) is 29.9. The number of carbonyl (C=O) groups is 1. The van der Waals surface area contributed by atoms with Gasteiger partial charge in [0.05, 0.1) is 0 Å². The summed E-state index contributed by atoms with van der Waals surface area (Å²) >= 11 is 0. The van der Waals surface area contributed by atoms with Gasteiger partial charge in [0.1, 0.15) is 0 Å². The highest BCUT2D eigenvalue weighted by Gasteiger charge is 2.10. The molecule has 0 atom stereocenters. The van der Waals surface area contributed by atoms with Gasteiger partial charge in [0.25, 0.3) is 0 Å². The maximum absolute atomic E-state index is 11.6. The van der Waals surface area contributed by atoms with E-state index in [1.54, 1.807) is 4.90 Å². The molecule has 0 saturated heterocycles. The number of rotatable bonds is 30. The molecule has 3 heteroatoms. The van der Waals surface area contributed by atoms with Crippen molar-refractivity contribution in [2.45, 2.75) is 194 Å². The zero-order valence-corrected chi connectivity index (χ0v) is 25.0. The molecule has 0 aliphatic rings. The summed E-state index contributed by atoms with van der Waals surface area (Å²) in [6.45, 7) is 6.02. The minimum absolute atomic E-state index is 0.723. The van der Waals surface area contributed by atoms with E-state index in [2.05, 4.69) is 13.8 Å². The van der Waals surface area contributed by atoms with Crippen molar-refractivity contribution in [3.63, 3.8) is 0 Å². The van der Waals surface area contributed by atoms with Gasteiger partial charge in [-0.1, -0.05) is 181 Å². The van der Waals surface area contributed by atoms with Crippen LogP contribution in [0.3, 0.4) is 0 Å². The Bertz CT molecular complexity index is 394. The Morgan fingerprint density at radius 2 is 0.583 bits per heavy atom. The van der Waals surface area contributed by atoms with Crippen LogP contribution in [0.25, 0.3) is 0 Å². The third-order valence-electron chi connectivity index (χ3n) is 7.83. The molecule has 1 amide bonds. The summed E-state index contributed by atoms with van der Waals surface area (Å²) in [5, 5.41) is 9.51. The number of amides is 1. The molecule has 0 aliphatic heterocycles. The second-order valence-corrected chi connectivity index (χ2v) is 11.5. The van der Waals surface area contributed by atoms with E-state index in [0.29, 0.717) is 0 Å². The first-order valence-corrected chi connectivity index (χ1v) is 16.7. The Morgan fingerprint density at radius 3 is 0.778 bits per heavy atom. The molecule has 216 valence electrons. The van der Waals surface area contributed by atoms with Crippen LogP contribution in [0.2, 0.25) is 0 Å². The summed E-state index contributed by atoms with van der Waals surface area (Å²) in [5.41, 5.74) is 0. The maximum Gasteiger partial charge on any atom is 0.407 e. The molecule has 0 fully saturated rings. The van der Waals surface area contributed by atoms with Crippen LogP contribution < -0.4 is 0 Å². The molecule has 0 aromatic rings. The smallest absolute Gasteiger partial charge is 0.407 e. The van der Waals surface area contributed by atoms with Crippen LogP contribution in [-0.2, 0) is 0 Å². The van der Waals surface area contributed by atoms with Crippen molar-refractivity contribution in [3.8, 4) is 0 Å². The SMILES string of the molecule is CCCCCCCCCCCCCCCCN(CCCCCCCCCCCCCCCC)C(=O)O. The molecule has 0 aromatic carbocycles. The normalized spacial score (nSPS) is 11.3. The number of unbranched alkanes of at least 4 members (excludes halogenated alkanes) is 26. The highest BCUT2D eigenvalue weighted by molar-refractivity contribution is 5.64. The van der Waals surface area contributed by atoms with Crippen molar-refractivity contribution in [2.24, 2.45) is 0 Å². The fourth-order valence-corrected chi connectivity index (χ4v) is 5.30. The van der Waals surface area contributed by atoms with Crippen LogP contribution in [0, 0.1) is 0 Å². The lowest BCUT2D eigenvalue weighted by Gasteiger charge is -2.19. The summed E-state index contributed by atoms with van der Waals surface area (Å²) in [6, 6.07) is 0. The van der Waals surface area contributed by atoms with Crippen LogP contribution in [0.1, 0.15) is 194 Å². The summed E-state index contributed by atoms with van der Waals surface area (Å²) in [7, 11) is 0. The first-order chi connectivity index (χ1) is 17.7. The molecular weight excluding hydrogens is 442 g/mol. The van der Waals surface area contributed by atoms with Gasteiger partial charge in [0.2, 0.25) is 0 Å². The van der Waals surface area contributed by atoms with Crippen LogP contribution in [0.15, 0.2) is 0 Å². The molecule has 0 aromatic heterocycles. The molecule has 3 nitrogen and oxygen atoms in total. The van der Waals surface area contributed by atoms with Gasteiger partial charge in [-0.2, -0.15) is 0 Å². The van der Waals surface area contributed by atoms with Crippen molar-refractivity contribution in [1.82, 2.24) is 4.90 Å². The summed E-state index contributed by atoms with van der Waals surface area (Å²) < 4.78 is 0. The van der Waals surface area contributed by atoms with Crippen LogP contribution >= 0.6 is 0 Å². The Balaban J connectivity index is 3.39. The van der Waals surface area contributed by atoms with E-state index in [9.17, 15) is 9.90 Å². The standard InChI is InChI=1S/C33H67NO2/c1-3-5-7-9-11-13-15-17-19-21-23-25-27-29-31-34(33(35)36)32-30-28-26-24-22-20-18-16-14-12-10-8-6-4-2/h3-32H2,1-2H3,(H,35,36). The van der Waals surface area contributed by atoms with Gasteiger partial charge in [0.15, 0.2) is 0 Å². The molecule has 1 N–H and O–H groups in total. The van der Waals surface area contributed by atoms with Gasteiger partial charge in [-0.05, 0) is 12.8 Å². The van der Waals surface area contributed by atoms with E-state index >= 15 is 0 Å². The first kappa shape index (κ1) is 35.3. The van der Waals surface area contributed by atoms with E-state index < -0.39 is 6.09 Å². The number of hydrogen-bond acceptors (Lipinski definition) is 1. The van der Waals surface area contributed by atoms with Crippen molar-refractivity contribution in [3.05, 3.63) is 0 Å². The molecule has 0 radical (unpaired) electrons. The second kappa shape index (κ2) is 30.5. The molecule has 0 bridgehead atoms. The van der Waals surface area contributed by atoms with Gasteiger partial charge in [-0.15, -0.1) is 0 Å². The zero-order valence-electron chi connectivity index (χ0n) is 25.0. The quantitative estimate of drug-likeness (QED) is 0.0978. The van der Waals surface area contributed by atoms with Crippen LogP contribution in [-0.4, -0.2) is 29.2 Å². The molecule has 0 aliphatic carbocycles. The highest BCUT2D eigenvalue weighted by Crippen LogP contribution is 2.15.